The van der Waals surface area contributed by atoms with Gasteiger partial charge in [-0.3, -0.25) is 14.4 Å². The van der Waals surface area contributed by atoms with Crippen LogP contribution in [0.4, 0.5) is 5.00 Å². The predicted octanol–water partition coefficient (Wildman–Crippen LogP) is 2.78. The fourth-order valence-electron chi connectivity index (χ4n) is 3.86. The number of carbonyl (C=O) groups is 3. The van der Waals surface area contributed by atoms with Crippen LogP contribution in [0.2, 0.25) is 0 Å². The molecule has 1 aromatic heterocycles. The number of nitrogens with zero attached hydrogens (tertiary/aromatic N) is 3. The van der Waals surface area contributed by atoms with Gasteiger partial charge < -0.3 is 19.4 Å². The van der Waals surface area contributed by atoms with Gasteiger partial charge in [0.1, 0.15) is 17.3 Å². The smallest absolute Gasteiger partial charge is 0.257 e. The summed E-state index contributed by atoms with van der Waals surface area (Å²) in [4.78, 5) is 44.3. The fraction of sp³-hybridized carbons (Fsp3) is 0.409. The number of benzene rings is 1. The molecule has 0 bridgehead atoms. The average molecular weight is 428 g/mol. The van der Waals surface area contributed by atoms with Gasteiger partial charge in [-0.1, -0.05) is 19.1 Å². The van der Waals surface area contributed by atoms with Crippen molar-refractivity contribution in [2.45, 2.75) is 26.3 Å². The van der Waals surface area contributed by atoms with E-state index in [0.29, 0.717) is 48.0 Å². The third kappa shape index (κ3) is 3.45. The first-order chi connectivity index (χ1) is 14.4. The number of amides is 3. The number of hydrogen-bond donors (Lipinski definition) is 0. The van der Waals surface area contributed by atoms with Crippen LogP contribution in [0.15, 0.2) is 24.3 Å². The van der Waals surface area contributed by atoms with Gasteiger partial charge in [0, 0.05) is 25.5 Å². The van der Waals surface area contributed by atoms with Crippen molar-refractivity contribution in [2.24, 2.45) is 0 Å². The number of para-hydroxylation sites is 1. The minimum absolute atomic E-state index is 0.0741. The van der Waals surface area contributed by atoms with Crippen LogP contribution in [-0.2, 0) is 17.8 Å². The van der Waals surface area contributed by atoms with E-state index in [1.807, 2.05) is 25.1 Å². The highest BCUT2D eigenvalue weighted by Crippen LogP contribution is 2.41. The molecule has 2 aliphatic rings. The highest BCUT2D eigenvalue weighted by Gasteiger charge is 2.36. The largest absolute Gasteiger partial charge is 0.493 e. The third-order valence-corrected chi connectivity index (χ3v) is 6.81. The van der Waals surface area contributed by atoms with Gasteiger partial charge in [-0.15, -0.1) is 11.3 Å². The van der Waals surface area contributed by atoms with Gasteiger partial charge in [0.05, 0.1) is 24.3 Å². The first-order valence-corrected chi connectivity index (χ1v) is 10.9. The molecule has 0 unspecified atom stereocenters. The van der Waals surface area contributed by atoms with Crippen LogP contribution in [0.3, 0.4) is 0 Å². The Hall–Kier alpha value is -2.87. The molecule has 8 heteroatoms. The maximum atomic E-state index is 13.2. The summed E-state index contributed by atoms with van der Waals surface area (Å²) in [6, 6.07) is 7.31. The Balaban J connectivity index is 1.64. The number of ether oxygens (including phenoxy) is 1. The standard InChI is InChI=1S/C22H25N3O4S/c1-4-11-29-16-8-6-5-7-14(16)20(27)25-10-9-15-17(12-25)30-22-19(15)21(28)23(2)13-18(26)24(22)3/h5-8H,4,9-13H2,1-3H3. The van der Waals surface area contributed by atoms with Crippen LogP contribution >= 0.6 is 11.3 Å². The van der Waals surface area contributed by atoms with E-state index in [0.717, 1.165) is 16.9 Å². The monoisotopic (exact) mass is 427 g/mol. The molecular weight excluding hydrogens is 402 g/mol. The highest BCUT2D eigenvalue weighted by molar-refractivity contribution is 7.17. The summed E-state index contributed by atoms with van der Waals surface area (Å²) in [5, 5.41) is 0.681. The maximum Gasteiger partial charge on any atom is 0.257 e. The first-order valence-electron chi connectivity index (χ1n) is 10.1. The molecular formula is C22H25N3O4S. The number of anilines is 1. The summed E-state index contributed by atoms with van der Waals surface area (Å²) in [5.74, 6) is 0.277. The van der Waals surface area contributed by atoms with E-state index < -0.39 is 0 Å². The molecule has 1 aromatic carbocycles. The number of thiophene rings is 1. The normalized spacial score (nSPS) is 16.3. The minimum Gasteiger partial charge on any atom is -0.493 e. The summed E-state index contributed by atoms with van der Waals surface area (Å²) in [6.45, 7) is 3.60. The average Bonchev–Trinajstić information content (AvgIpc) is 3.11. The number of fused-ring (bicyclic) bond motifs is 3. The fourth-order valence-corrected chi connectivity index (χ4v) is 5.19. The Labute approximate surface area is 179 Å². The van der Waals surface area contributed by atoms with Crippen LogP contribution < -0.4 is 9.64 Å². The molecule has 0 radical (unpaired) electrons. The molecule has 158 valence electrons. The minimum atomic E-state index is -0.127. The van der Waals surface area contributed by atoms with E-state index in [4.69, 9.17) is 4.74 Å². The van der Waals surface area contributed by atoms with Gasteiger partial charge >= 0.3 is 0 Å². The lowest BCUT2D eigenvalue weighted by atomic mass is 10.0. The molecule has 2 aromatic rings. The zero-order chi connectivity index (χ0) is 21.4. The zero-order valence-electron chi connectivity index (χ0n) is 17.4. The van der Waals surface area contributed by atoms with E-state index in [1.54, 1.807) is 30.0 Å². The van der Waals surface area contributed by atoms with Crippen molar-refractivity contribution in [3.63, 3.8) is 0 Å². The van der Waals surface area contributed by atoms with Crippen molar-refractivity contribution in [2.75, 3.05) is 38.7 Å². The molecule has 0 spiro atoms. The van der Waals surface area contributed by atoms with Crippen molar-refractivity contribution < 1.29 is 19.1 Å². The summed E-state index contributed by atoms with van der Waals surface area (Å²) in [6.07, 6.45) is 1.46. The second kappa shape index (κ2) is 8.10. The molecule has 0 fully saturated rings. The number of hydrogen-bond acceptors (Lipinski definition) is 5. The van der Waals surface area contributed by atoms with E-state index >= 15 is 0 Å². The van der Waals surface area contributed by atoms with E-state index in [2.05, 4.69) is 0 Å². The van der Waals surface area contributed by atoms with Gasteiger partial charge in [-0.05, 0) is 30.5 Å². The second-order valence-electron chi connectivity index (χ2n) is 7.62. The van der Waals surface area contributed by atoms with Crippen LogP contribution in [0.1, 0.15) is 44.5 Å². The highest BCUT2D eigenvalue weighted by atomic mass is 32.1. The molecule has 7 nitrogen and oxygen atoms in total. The van der Waals surface area contributed by atoms with Gasteiger partial charge in [0.25, 0.3) is 11.8 Å². The molecule has 3 heterocycles. The number of carbonyl (C=O) groups excluding carboxylic acids is 3. The Kier molecular flexibility index (Phi) is 5.51. The molecule has 0 atom stereocenters. The van der Waals surface area contributed by atoms with Crippen molar-refractivity contribution in [3.8, 4) is 5.75 Å². The molecule has 0 saturated heterocycles. The first kappa shape index (κ1) is 20.4. The van der Waals surface area contributed by atoms with Gasteiger partial charge in [-0.2, -0.15) is 0 Å². The molecule has 0 aliphatic carbocycles. The lowest BCUT2D eigenvalue weighted by Crippen LogP contribution is -2.37. The van der Waals surface area contributed by atoms with E-state index in [9.17, 15) is 14.4 Å². The molecule has 0 N–H and O–H groups in total. The molecule has 4 rings (SSSR count). The topological polar surface area (TPSA) is 70.2 Å². The lowest BCUT2D eigenvalue weighted by Gasteiger charge is -2.28. The van der Waals surface area contributed by atoms with Crippen LogP contribution in [0.25, 0.3) is 0 Å². The Morgan fingerprint density at radius 2 is 1.93 bits per heavy atom. The third-order valence-electron chi connectivity index (χ3n) is 5.52. The molecule has 2 aliphatic heterocycles. The number of likely N-dealkylation sites (N-methyl/N-ethyl adjacent to an activating group) is 2. The predicted molar refractivity (Wildman–Crippen MR) is 115 cm³/mol. The van der Waals surface area contributed by atoms with Crippen LogP contribution in [0, 0.1) is 0 Å². The Morgan fingerprint density at radius 1 is 1.17 bits per heavy atom. The van der Waals surface area contributed by atoms with Gasteiger partial charge in [0.15, 0.2) is 0 Å². The van der Waals surface area contributed by atoms with Crippen LogP contribution in [0.5, 0.6) is 5.75 Å². The quantitative estimate of drug-likeness (QED) is 0.752. The van der Waals surface area contributed by atoms with Crippen molar-refractivity contribution in [1.29, 1.82) is 0 Å². The van der Waals surface area contributed by atoms with Gasteiger partial charge in [0.2, 0.25) is 5.91 Å². The second-order valence-corrected chi connectivity index (χ2v) is 8.70. The van der Waals surface area contributed by atoms with Crippen molar-refractivity contribution in [1.82, 2.24) is 9.80 Å². The van der Waals surface area contributed by atoms with Crippen LogP contribution in [-0.4, -0.2) is 61.3 Å². The Bertz CT molecular complexity index is 1020. The SMILES string of the molecule is CCCOc1ccccc1C(=O)N1CCc2c(sc3c2C(=O)N(C)CC(=O)N3C)C1. The van der Waals surface area contributed by atoms with Gasteiger partial charge in [-0.25, -0.2) is 0 Å². The molecule has 0 saturated carbocycles. The molecule has 3 amide bonds. The maximum absolute atomic E-state index is 13.2. The van der Waals surface area contributed by atoms with E-state index in [-0.39, 0.29) is 24.3 Å². The summed E-state index contributed by atoms with van der Waals surface area (Å²) >= 11 is 1.44. The lowest BCUT2D eigenvalue weighted by molar-refractivity contribution is -0.118. The van der Waals surface area contributed by atoms with Crippen molar-refractivity contribution >= 4 is 34.1 Å². The van der Waals surface area contributed by atoms with E-state index in [1.165, 1.54) is 16.2 Å². The summed E-state index contributed by atoms with van der Waals surface area (Å²) in [7, 11) is 3.36. The summed E-state index contributed by atoms with van der Waals surface area (Å²) < 4.78 is 5.76. The number of rotatable bonds is 4. The Morgan fingerprint density at radius 3 is 2.70 bits per heavy atom. The van der Waals surface area contributed by atoms with Crippen molar-refractivity contribution in [3.05, 3.63) is 45.8 Å². The summed E-state index contributed by atoms with van der Waals surface area (Å²) in [5.41, 5.74) is 2.13. The zero-order valence-corrected chi connectivity index (χ0v) is 18.3. The molecule has 30 heavy (non-hydrogen) atoms.